The highest BCUT2D eigenvalue weighted by Crippen LogP contribution is 2.32. The number of rotatable bonds is 3. The van der Waals surface area contributed by atoms with E-state index in [9.17, 15) is 5.11 Å². The molecule has 0 amide bonds. The SMILES string of the molecule is Cc1ccc(C(C)(C)C)cc1N1N=NN(CCO)C1O. The van der Waals surface area contributed by atoms with Crippen molar-refractivity contribution in [2.24, 2.45) is 10.4 Å². The van der Waals surface area contributed by atoms with Crippen LogP contribution in [0.5, 0.6) is 0 Å². The molecule has 1 unspecified atom stereocenters. The molecule has 0 bridgehead atoms. The number of hydrogen-bond donors (Lipinski definition) is 2. The van der Waals surface area contributed by atoms with Crippen molar-refractivity contribution in [2.75, 3.05) is 18.2 Å². The van der Waals surface area contributed by atoms with Crippen LogP contribution in [0.3, 0.4) is 0 Å². The lowest BCUT2D eigenvalue weighted by Gasteiger charge is -2.26. The second-order valence-corrected chi connectivity index (χ2v) is 6.01. The lowest BCUT2D eigenvalue weighted by atomic mass is 9.86. The highest BCUT2D eigenvalue weighted by atomic mass is 16.3. The fourth-order valence-corrected chi connectivity index (χ4v) is 2.07. The Labute approximate surface area is 119 Å². The summed E-state index contributed by atoms with van der Waals surface area (Å²) in [6.45, 7) is 8.56. The number of aliphatic hydroxyl groups excluding tert-OH is 2. The first kappa shape index (κ1) is 14.7. The molecule has 2 rings (SSSR count). The number of benzene rings is 1. The van der Waals surface area contributed by atoms with E-state index >= 15 is 0 Å². The first-order valence-electron chi connectivity index (χ1n) is 6.72. The van der Waals surface area contributed by atoms with Crippen LogP contribution in [0.4, 0.5) is 5.69 Å². The fraction of sp³-hybridized carbons (Fsp3) is 0.571. The van der Waals surface area contributed by atoms with Crippen molar-refractivity contribution >= 4 is 5.69 Å². The maximum Gasteiger partial charge on any atom is 0.245 e. The Morgan fingerprint density at radius 1 is 1.25 bits per heavy atom. The molecule has 110 valence electrons. The van der Waals surface area contributed by atoms with Crippen molar-refractivity contribution in [1.82, 2.24) is 5.01 Å². The average molecular weight is 278 g/mol. The highest BCUT2D eigenvalue weighted by Gasteiger charge is 2.30. The van der Waals surface area contributed by atoms with Crippen molar-refractivity contribution in [3.8, 4) is 0 Å². The Hall–Kier alpha value is -1.66. The topological polar surface area (TPSA) is 71.7 Å². The van der Waals surface area contributed by atoms with Gasteiger partial charge in [-0.2, -0.15) is 5.01 Å². The largest absolute Gasteiger partial charge is 0.394 e. The minimum atomic E-state index is -0.976. The number of aryl methyl sites for hydroxylation is 1. The third kappa shape index (κ3) is 2.76. The summed E-state index contributed by atoms with van der Waals surface area (Å²) < 4.78 is 0. The van der Waals surface area contributed by atoms with Crippen molar-refractivity contribution in [3.05, 3.63) is 29.3 Å². The van der Waals surface area contributed by atoms with Crippen molar-refractivity contribution in [2.45, 2.75) is 39.5 Å². The normalized spacial score (nSPS) is 19.0. The lowest BCUT2D eigenvalue weighted by molar-refractivity contribution is 0.0161. The monoisotopic (exact) mass is 278 g/mol. The molecule has 0 spiro atoms. The molecule has 0 saturated heterocycles. The third-order valence-corrected chi connectivity index (χ3v) is 3.39. The molecule has 0 saturated carbocycles. The maximum absolute atomic E-state index is 10.2. The molecule has 20 heavy (non-hydrogen) atoms. The Bertz CT molecular complexity index is 510. The van der Waals surface area contributed by atoms with Crippen LogP contribution in [0.15, 0.2) is 28.6 Å². The first-order chi connectivity index (χ1) is 9.34. The number of aliphatic hydroxyl groups is 2. The van der Waals surface area contributed by atoms with Gasteiger partial charge in [-0.25, -0.2) is 5.01 Å². The summed E-state index contributed by atoms with van der Waals surface area (Å²) in [7, 11) is 0. The zero-order chi connectivity index (χ0) is 14.9. The van der Waals surface area contributed by atoms with Gasteiger partial charge in [0.1, 0.15) is 0 Å². The maximum atomic E-state index is 10.2. The molecule has 0 radical (unpaired) electrons. The van der Waals surface area contributed by atoms with Crippen LogP contribution in [-0.2, 0) is 5.41 Å². The molecule has 6 nitrogen and oxygen atoms in total. The molecule has 1 atom stereocenters. The number of nitrogens with zero attached hydrogens (tertiary/aromatic N) is 4. The van der Waals surface area contributed by atoms with E-state index < -0.39 is 6.35 Å². The average Bonchev–Trinajstić information content (AvgIpc) is 2.71. The summed E-state index contributed by atoms with van der Waals surface area (Å²) in [4.78, 5) is 0. The number of anilines is 1. The van der Waals surface area contributed by atoms with Crippen LogP contribution in [-0.4, -0.2) is 34.7 Å². The van der Waals surface area contributed by atoms with Gasteiger partial charge < -0.3 is 10.2 Å². The van der Waals surface area contributed by atoms with Crippen LogP contribution < -0.4 is 5.01 Å². The van der Waals surface area contributed by atoms with E-state index in [1.807, 2.05) is 19.1 Å². The van der Waals surface area contributed by atoms with Gasteiger partial charge in [-0.15, -0.1) is 0 Å². The molecule has 1 aromatic rings. The third-order valence-electron chi connectivity index (χ3n) is 3.39. The minimum absolute atomic E-state index is 0.0229. The van der Waals surface area contributed by atoms with Crippen molar-refractivity contribution < 1.29 is 10.2 Å². The van der Waals surface area contributed by atoms with E-state index in [0.717, 1.165) is 11.3 Å². The smallest absolute Gasteiger partial charge is 0.245 e. The van der Waals surface area contributed by atoms with Crippen LogP contribution in [0, 0.1) is 6.92 Å². The molecule has 0 aromatic heterocycles. The van der Waals surface area contributed by atoms with Gasteiger partial charge in [0.25, 0.3) is 0 Å². The predicted molar refractivity (Wildman–Crippen MR) is 77.0 cm³/mol. The molecule has 0 aliphatic carbocycles. The number of β-amino-alcohol motifs (C(OH)–C–C–N with tert-alkyl or cyclic N) is 1. The summed E-state index contributed by atoms with van der Waals surface area (Å²) >= 11 is 0. The molecule has 0 fully saturated rings. The molecule has 1 aliphatic rings. The predicted octanol–water partition coefficient (Wildman–Crippen LogP) is 1.96. The minimum Gasteiger partial charge on any atom is -0.394 e. The summed E-state index contributed by atoms with van der Waals surface area (Å²) in [6, 6.07) is 6.14. The van der Waals surface area contributed by atoms with Gasteiger partial charge in [-0.05, 0) is 40.0 Å². The Morgan fingerprint density at radius 2 is 1.95 bits per heavy atom. The zero-order valence-corrected chi connectivity index (χ0v) is 12.4. The molecular formula is C14H22N4O2. The second-order valence-electron chi connectivity index (χ2n) is 6.01. The van der Waals surface area contributed by atoms with Gasteiger partial charge in [-0.3, -0.25) is 0 Å². The van der Waals surface area contributed by atoms with E-state index in [0.29, 0.717) is 0 Å². The second kappa shape index (κ2) is 5.38. The Balaban J connectivity index is 2.32. The van der Waals surface area contributed by atoms with E-state index in [1.165, 1.54) is 15.6 Å². The van der Waals surface area contributed by atoms with E-state index in [4.69, 9.17) is 5.11 Å². The zero-order valence-electron chi connectivity index (χ0n) is 12.4. The van der Waals surface area contributed by atoms with Crippen LogP contribution in [0.25, 0.3) is 0 Å². The molecular weight excluding hydrogens is 256 g/mol. The standard InChI is InChI=1S/C14H22N4O2/c1-10-5-6-11(14(2,3)4)9-12(10)18-13(20)17(7-8-19)15-16-18/h5-6,9,13,19-20H,7-8H2,1-4H3. The van der Waals surface area contributed by atoms with Crippen LogP contribution in [0.2, 0.25) is 0 Å². The van der Waals surface area contributed by atoms with E-state index in [2.05, 4.69) is 37.3 Å². The molecule has 1 aliphatic heterocycles. The van der Waals surface area contributed by atoms with Gasteiger partial charge in [0.15, 0.2) is 0 Å². The van der Waals surface area contributed by atoms with Crippen molar-refractivity contribution in [1.29, 1.82) is 0 Å². The van der Waals surface area contributed by atoms with Gasteiger partial charge in [0, 0.05) is 0 Å². The molecule has 1 aromatic carbocycles. The molecule has 6 heteroatoms. The molecule has 1 heterocycles. The summed E-state index contributed by atoms with van der Waals surface area (Å²) in [5, 5.41) is 29.8. The van der Waals surface area contributed by atoms with Crippen LogP contribution >= 0.6 is 0 Å². The van der Waals surface area contributed by atoms with Gasteiger partial charge >= 0.3 is 0 Å². The number of hydrogen-bond acceptors (Lipinski definition) is 6. The van der Waals surface area contributed by atoms with Gasteiger partial charge in [0.05, 0.1) is 18.8 Å². The van der Waals surface area contributed by atoms with E-state index in [-0.39, 0.29) is 18.6 Å². The summed E-state index contributed by atoms with van der Waals surface area (Å²) in [5.41, 5.74) is 3.03. The Kier molecular flexibility index (Phi) is 3.96. The fourth-order valence-electron chi connectivity index (χ4n) is 2.07. The Morgan fingerprint density at radius 3 is 2.55 bits per heavy atom. The van der Waals surface area contributed by atoms with Crippen molar-refractivity contribution in [3.63, 3.8) is 0 Å². The lowest BCUT2D eigenvalue weighted by Crippen LogP contribution is -2.39. The van der Waals surface area contributed by atoms with Gasteiger partial charge in [0.2, 0.25) is 6.35 Å². The summed E-state index contributed by atoms with van der Waals surface area (Å²) in [5.74, 6) is 0. The van der Waals surface area contributed by atoms with E-state index in [1.54, 1.807) is 0 Å². The summed E-state index contributed by atoms with van der Waals surface area (Å²) in [6.07, 6.45) is -0.976. The molecule has 2 N–H and O–H groups in total. The highest BCUT2D eigenvalue weighted by molar-refractivity contribution is 5.55. The first-order valence-corrected chi connectivity index (χ1v) is 6.72. The quantitative estimate of drug-likeness (QED) is 0.886. The van der Waals surface area contributed by atoms with Gasteiger partial charge in [-0.1, -0.05) is 32.9 Å². The van der Waals surface area contributed by atoms with Crippen LogP contribution in [0.1, 0.15) is 31.9 Å².